The van der Waals surface area contributed by atoms with Crippen molar-refractivity contribution in [3.05, 3.63) is 90.5 Å². The van der Waals surface area contributed by atoms with E-state index in [0.29, 0.717) is 16.8 Å². The van der Waals surface area contributed by atoms with E-state index in [2.05, 4.69) is 35.8 Å². The molecule has 0 heterocycles. The molecule has 0 saturated carbocycles. The van der Waals surface area contributed by atoms with Gasteiger partial charge in [0.25, 0.3) is 5.91 Å². The summed E-state index contributed by atoms with van der Waals surface area (Å²) in [6.45, 7) is 8.98. The lowest BCUT2D eigenvalue weighted by Gasteiger charge is -2.33. The van der Waals surface area contributed by atoms with E-state index >= 15 is 0 Å². The summed E-state index contributed by atoms with van der Waals surface area (Å²) >= 11 is 4.29. The molecule has 0 fully saturated rings. The summed E-state index contributed by atoms with van der Waals surface area (Å²) in [5, 5.41) is 7.51. The van der Waals surface area contributed by atoms with Gasteiger partial charge in [-0.15, -0.1) is 13.0 Å². The fourth-order valence-corrected chi connectivity index (χ4v) is 4.26. The molecule has 3 amide bonds. The summed E-state index contributed by atoms with van der Waals surface area (Å²) in [4.78, 5) is 41.4. The quantitative estimate of drug-likeness (QED) is 0.193. The van der Waals surface area contributed by atoms with Crippen molar-refractivity contribution in [2.24, 2.45) is 0 Å². The Morgan fingerprint density at radius 1 is 1.08 bits per heavy atom. The van der Waals surface area contributed by atoms with Crippen LogP contribution in [0.2, 0.25) is 0 Å². The van der Waals surface area contributed by atoms with Gasteiger partial charge in [-0.2, -0.15) is 12.6 Å². The maximum absolute atomic E-state index is 13.8. The molecule has 2 N–H and O–H groups in total. The molecule has 3 aromatic rings. The molecule has 0 aliphatic carbocycles. The van der Waals surface area contributed by atoms with Crippen LogP contribution < -0.4 is 10.6 Å². The topological polar surface area (TPSA) is 87.7 Å². The van der Waals surface area contributed by atoms with E-state index in [0.717, 1.165) is 10.8 Å². The molecule has 0 aliphatic heterocycles. The highest BCUT2D eigenvalue weighted by Gasteiger charge is 2.35. The third kappa shape index (κ3) is 7.88. The first-order chi connectivity index (χ1) is 18.6. The lowest BCUT2D eigenvalue weighted by molar-refractivity contribution is -0.139. The van der Waals surface area contributed by atoms with Crippen LogP contribution in [-0.4, -0.2) is 46.7 Å². The van der Waals surface area contributed by atoms with Crippen molar-refractivity contribution in [1.82, 2.24) is 10.2 Å². The first-order valence-corrected chi connectivity index (χ1v) is 13.1. The maximum Gasteiger partial charge on any atom is 0.408 e. The summed E-state index contributed by atoms with van der Waals surface area (Å²) in [5.74, 6) is 1.58. The Bertz CT molecular complexity index is 1390. The number of nitrogens with zero attached hydrogens (tertiary/aromatic N) is 1. The molecule has 7 nitrogen and oxygen atoms in total. The van der Waals surface area contributed by atoms with E-state index in [1.807, 2.05) is 36.4 Å². The Morgan fingerprint density at radius 2 is 1.74 bits per heavy atom. The number of hydrogen-bond acceptors (Lipinski definition) is 5. The van der Waals surface area contributed by atoms with Crippen molar-refractivity contribution >= 4 is 47.0 Å². The third-order valence-electron chi connectivity index (χ3n) is 5.75. The highest BCUT2D eigenvalue weighted by molar-refractivity contribution is 7.80. The second kappa shape index (κ2) is 13.0. The number of carbonyl (C=O) groups excluding carboxylic acids is 3. The Labute approximate surface area is 235 Å². The highest BCUT2D eigenvalue weighted by atomic mass is 32.1. The van der Waals surface area contributed by atoms with Gasteiger partial charge in [-0.3, -0.25) is 9.59 Å². The maximum atomic E-state index is 13.8. The molecule has 0 spiro atoms. The van der Waals surface area contributed by atoms with E-state index in [-0.39, 0.29) is 12.3 Å². The van der Waals surface area contributed by atoms with Gasteiger partial charge in [0.15, 0.2) is 0 Å². The van der Waals surface area contributed by atoms with E-state index in [9.17, 15) is 14.4 Å². The lowest BCUT2D eigenvalue weighted by Crippen LogP contribution is -2.53. The van der Waals surface area contributed by atoms with Crippen LogP contribution in [0.15, 0.2) is 79.4 Å². The minimum absolute atomic E-state index is 0.0131. The summed E-state index contributed by atoms with van der Waals surface area (Å²) < 4.78 is 5.32. The number of nitrogens with one attached hydrogen (secondary N) is 2. The lowest BCUT2D eigenvalue weighted by atomic mass is 10.0. The SMILES string of the molecule is C#Cc1ccc(C(C(=O)Nc2ccc3ccccc3c2)N(CC=C)C(=O)C(CS)NC(=O)OC(C)(C)C)cc1. The monoisotopic (exact) mass is 543 g/mol. The molecule has 0 radical (unpaired) electrons. The normalized spacial score (nSPS) is 12.5. The molecular formula is C31H33N3O4S. The summed E-state index contributed by atoms with van der Waals surface area (Å²) in [5.41, 5.74) is 0.995. The number of ether oxygens (including phenoxy) is 1. The number of amides is 3. The van der Waals surface area contributed by atoms with Crippen LogP contribution in [0.4, 0.5) is 10.5 Å². The fraction of sp³-hybridized carbons (Fsp3) is 0.258. The molecule has 3 aromatic carbocycles. The van der Waals surface area contributed by atoms with Crippen LogP contribution in [0.25, 0.3) is 10.8 Å². The van der Waals surface area contributed by atoms with Gasteiger partial charge < -0.3 is 20.3 Å². The van der Waals surface area contributed by atoms with Crippen molar-refractivity contribution in [1.29, 1.82) is 0 Å². The molecule has 0 aliphatic rings. The van der Waals surface area contributed by atoms with Crippen molar-refractivity contribution in [3.8, 4) is 12.3 Å². The van der Waals surface area contributed by atoms with Crippen LogP contribution in [0, 0.1) is 12.3 Å². The summed E-state index contributed by atoms with van der Waals surface area (Å²) in [6, 6.07) is 18.1. The number of carbonyl (C=O) groups is 3. The number of thiol groups is 1. The molecule has 0 saturated heterocycles. The molecule has 2 atom stereocenters. The first-order valence-electron chi connectivity index (χ1n) is 12.4. The Morgan fingerprint density at radius 3 is 2.33 bits per heavy atom. The highest BCUT2D eigenvalue weighted by Crippen LogP contribution is 2.26. The van der Waals surface area contributed by atoms with Gasteiger partial charge in [-0.1, -0.05) is 54.5 Å². The third-order valence-corrected chi connectivity index (χ3v) is 6.12. The molecule has 2 unspecified atom stereocenters. The summed E-state index contributed by atoms with van der Waals surface area (Å²) in [7, 11) is 0. The van der Waals surface area contributed by atoms with Gasteiger partial charge in [0, 0.05) is 23.5 Å². The number of terminal acetylenes is 1. The molecule has 39 heavy (non-hydrogen) atoms. The zero-order chi connectivity index (χ0) is 28.6. The smallest absolute Gasteiger partial charge is 0.408 e. The van der Waals surface area contributed by atoms with Gasteiger partial charge >= 0.3 is 6.09 Å². The molecule has 202 valence electrons. The van der Waals surface area contributed by atoms with Gasteiger partial charge in [0.2, 0.25) is 5.91 Å². The fourth-order valence-electron chi connectivity index (χ4n) is 4.01. The van der Waals surface area contributed by atoms with E-state index < -0.39 is 35.6 Å². The molecule has 0 aromatic heterocycles. The number of alkyl carbamates (subject to hydrolysis) is 1. The average molecular weight is 544 g/mol. The number of rotatable bonds is 9. The van der Waals surface area contributed by atoms with Gasteiger partial charge in [-0.25, -0.2) is 4.79 Å². The minimum atomic E-state index is -1.06. The van der Waals surface area contributed by atoms with E-state index in [1.165, 1.54) is 11.0 Å². The van der Waals surface area contributed by atoms with Crippen LogP contribution in [0.1, 0.15) is 37.9 Å². The number of anilines is 1. The van der Waals surface area contributed by atoms with Crippen molar-refractivity contribution < 1.29 is 19.1 Å². The van der Waals surface area contributed by atoms with Crippen molar-refractivity contribution in [2.45, 2.75) is 38.5 Å². The molecule has 0 bridgehead atoms. The second-order valence-electron chi connectivity index (χ2n) is 9.88. The number of fused-ring (bicyclic) bond motifs is 1. The minimum Gasteiger partial charge on any atom is -0.444 e. The number of hydrogen-bond donors (Lipinski definition) is 3. The second-order valence-corrected chi connectivity index (χ2v) is 10.2. The predicted molar refractivity (Wildman–Crippen MR) is 159 cm³/mol. The largest absolute Gasteiger partial charge is 0.444 e. The van der Waals surface area contributed by atoms with Crippen LogP contribution in [0.5, 0.6) is 0 Å². The van der Waals surface area contributed by atoms with Crippen LogP contribution >= 0.6 is 12.6 Å². The van der Waals surface area contributed by atoms with Gasteiger partial charge in [0.1, 0.15) is 17.7 Å². The first kappa shape index (κ1) is 29.3. The van der Waals surface area contributed by atoms with Crippen LogP contribution in [-0.2, 0) is 14.3 Å². The van der Waals surface area contributed by atoms with Gasteiger partial charge in [0.05, 0.1) is 0 Å². The molecule has 3 rings (SSSR count). The standard InChI is InChI=1S/C31H33N3O4S/c1-6-18-34(29(36)26(20-39)33-30(37)38-31(3,4)5)27(23-14-12-21(7-2)13-15-23)28(35)32-25-17-16-22-10-8-9-11-24(22)19-25/h2,6,8-17,19,26-27,39H,1,18,20H2,3-5H3,(H,32,35)(H,33,37). The number of benzene rings is 3. The van der Waals surface area contributed by atoms with E-state index in [1.54, 1.807) is 51.1 Å². The zero-order valence-electron chi connectivity index (χ0n) is 22.3. The van der Waals surface area contributed by atoms with Crippen molar-refractivity contribution in [3.63, 3.8) is 0 Å². The molecular weight excluding hydrogens is 510 g/mol. The Kier molecular flexibility index (Phi) is 9.80. The van der Waals surface area contributed by atoms with Crippen LogP contribution in [0.3, 0.4) is 0 Å². The average Bonchev–Trinajstić information content (AvgIpc) is 2.90. The zero-order valence-corrected chi connectivity index (χ0v) is 23.2. The predicted octanol–water partition coefficient (Wildman–Crippen LogP) is 5.34. The van der Waals surface area contributed by atoms with Crippen molar-refractivity contribution in [2.75, 3.05) is 17.6 Å². The molecule has 8 heteroatoms. The van der Waals surface area contributed by atoms with E-state index in [4.69, 9.17) is 11.2 Å². The summed E-state index contributed by atoms with van der Waals surface area (Å²) in [6.07, 6.45) is 6.28. The Hall–Kier alpha value is -4.22. The Balaban J connectivity index is 1.98. The van der Waals surface area contributed by atoms with Gasteiger partial charge in [-0.05, 0) is 61.4 Å².